The van der Waals surface area contributed by atoms with Crippen LogP contribution in [0.25, 0.3) is 0 Å². The molecule has 1 saturated heterocycles. The first-order chi connectivity index (χ1) is 9.58. The van der Waals surface area contributed by atoms with E-state index in [1.165, 1.54) is 0 Å². The van der Waals surface area contributed by atoms with Gasteiger partial charge in [0.15, 0.2) is 0 Å². The number of carboxylic acids is 1. The lowest BCUT2D eigenvalue weighted by Gasteiger charge is -2.26. The van der Waals surface area contributed by atoms with Crippen molar-refractivity contribution < 1.29 is 14.7 Å². The van der Waals surface area contributed by atoms with Crippen LogP contribution in [0.3, 0.4) is 0 Å². The van der Waals surface area contributed by atoms with Gasteiger partial charge in [-0.25, -0.2) is 0 Å². The summed E-state index contributed by atoms with van der Waals surface area (Å²) in [6.45, 7) is 1.32. The summed E-state index contributed by atoms with van der Waals surface area (Å²) in [6.07, 6.45) is 3.72. The Morgan fingerprint density at radius 3 is 2.80 bits per heavy atom. The van der Waals surface area contributed by atoms with Gasteiger partial charge in [0.1, 0.15) is 6.04 Å². The summed E-state index contributed by atoms with van der Waals surface area (Å²) in [4.78, 5) is 24.5. The number of amides is 1. The Hall–Kier alpha value is -1.88. The van der Waals surface area contributed by atoms with Crippen LogP contribution in [-0.4, -0.2) is 34.5 Å². The lowest BCUT2D eigenvalue weighted by atomic mass is 10.1. The molecule has 1 aliphatic rings. The van der Waals surface area contributed by atoms with Gasteiger partial charge in [0, 0.05) is 12.1 Å². The van der Waals surface area contributed by atoms with Crippen LogP contribution < -0.4 is 5.73 Å². The zero-order chi connectivity index (χ0) is 14.5. The second kappa shape index (κ2) is 6.52. The molecule has 1 atom stereocenters. The van der Waals surface area contributed by atoms with Crippen LogP contribution in [0.2, 0.25) is 0 Å². The first-order valence-corrected chi connectivity index (χ1v) is 6.93. The minimum atomic E-state index is -0.766. The number of aliphatic carboxylic acids is 1. The van der Waals surface area contributed by atoms with Gasteiger partial charge in [-0.3, -0.25) is 14.5 Å². The number of benzene rings is 1. The monoisotopic (exact) mass is 276 g/mol. The molecule has 0 aromatic heterocycles. The van der Waals surface area contributed by atoms with E-state index < -0.39 is 17.9 Å². The molecule has 1 unspecified atom stereocenters. The van der Waals surface area contributed by atoms with Crippen LogP contribution >= 0.6 is 0 Å². The Morgan fingerprint density at radius 1 is 1.30 bits per heavy atom. The summed E-state index contributed by atoms with van der Waals surface area (Å²) >= 11 is 0. The highest BCUT2D eigenvalue weighted by atomic mass is 16.4. The molecule has 0 radical (unpaired) electrons. The van der Waals surface area contributed by atoms with Gasteiger partial charge < -0.3 is 10.8 Å². The summed E-state index contributed by atoms with van der Waals surface area (Å²) in [5.74, 6) is -1.23. The van der Waals surface area contributed by atoms with Crippen molar-refractivity contribution in [3.05, 3.63) is 35.4 Å². The highest BCUT2D eigenvalue weighted by Crippen LogP contribution is 2.20. The Labute approximate surface area is 118 Å². The van der Waals surface area contributed by atoms with Crippen molar-refractivity contribution in [3.8, 4) is 0 Å². The molecule has 108 valence electrons. The van der Waals surface area contributed by atoms with Gasteiger partial charge >= 0.3 is 5.97 Å². The number of hydrogen-bond acceptors (Lipinski definition) is 3. The predicted octanol–water partition coefficient (Wildman–Crippen LogP) is 1.61. The number of nitrogens with zero attached hydrogens (tertiary/aromatic N) is 1. The van der Waals surface area contributed by atoms with E-state index in [9.17, 15) is 14.7 Å². The molecular weight excluding hydrogens is 256 g/mol. The number of carboxylic acid groups (broad SMARTS) is 1. The summed E-state index contributed by atoms with van der Waals surface area (Å²) in [5, 5.41) is 9.34. The molecular formula is C15H20N2O3. The van der Waals surface area contributed by atoms with Crippen molar-refractivity contribution in [3.63, 3.8) is 0 Å². The van der Waals surface area contributed by atoms with E-state index in [-0.39, 0.29) is 0 Å². The number of primary amides is 1. The minimum absolute atomic E-state index is 0.435. The van der Waals surface area contributed by atoms with Crippen molar-refractivity contribution in [2.45, 2.75) is 38.3 Å². The third-order valence-electron chi connectivity index (χ3n) is 3.75. The molecule has 1 fully saturated rings. The average molecular weight is 276 g/mol. The molecule has 5 heteroatoms. The predicted molar refractivity (Wildman–Crippen MR) is 75.3 cm³/mol. The zero-order valence-corrected chi connectivity index (χ0v) is 11.4. The fraction of sp³-hybridized carbons (Fsp3) is 0.467. The Kier molecular flexibility index (Phi) is 4.74. The maximum Gasteiger partial charge on any atom is 0.320 e. The third-order valence-corrected chi connectivity index (χ3v) is 3.75. The maximum absolute atomic E-state index is 11.4. The van der Waals surface area contributed by atoms with Gasteiger partial charge in [-0.15, -0.1) is 0 Å². The van der Waals surface area contributed by atoms with Crippen LogP contribution in [0.15, 0.2) is 24.3 Å². The molecule has 0 bridgehead atoms. The second-order valence-electron chi connectivity index (χ2n) is 5.24. The van der Waals surface area contributed by atoms with Gasteiger partial charge in [0.05, 0.1) is 0 Å². The van der Waals surface area contributed by atoms with Crippen molar-refractivity contribution in [2.24, 2.45) is 5.73 Å². The van der Waals surface area contributed by atoms with E-state index in [4.69, 9.17) is 5.73 Å². The summed E-state index contributed by atoms with van der Waals surface area (Å²) in [5.41, 5.74) is 6.66. The normalized spacial score (nSPS) is 20.3. The molecule has 5 nitrogen and oxygen atoms in total. The van der Waals surface area contributed by atoms with Crippen LogP contribution in [0.1, 0.15) is 41.6 Å². The van der Waals surface area contributed by atoms with E-state index in [0.29, 0.717) is 18.5 Å². The number of likely N-dealkylation sites (tertiary alicyclic amines) is 1. The summed E-state index contributed by atoms with van der Waals surface area (Å²) in [6, 6.07) is 6.66. The Bertz CT molecular complexity index is 502. The van der Waals surface area contributed by atoms with Gasteiger partial charge in [-0.1, -0.05) is 25.0 Å². The van der Waals surface area contributed by atoms with Crippen molar-refractivity contribution in [2.75, 3.05) is 6.54 Å². The largest absolute Gasteiger partial charge is 0.480 e. The number of hydrogen-bond donors (Lipinski definition) is 2. The quantitative estimate of drug-likeness (QED) is 0.875. The van der Waals surface area contributed by atoms with Crippen molar-refractivity contribution in [1.29, 1.82) is 0 Å². The molecule has 0 aliphatic carbocycles. The van der Waals surface area contributed by atoms with Crippen molar-refractivity contribution >= 4 is 11.9 Å². The van der Waals surface area contributed by atoms with Crippen molar-refractivity contribution in [1.82, 2.24) is 4.90 Å². The molecule has 3 N–H and O–H groups in total. The van der Waals surface area contributed by atoms with Gasteiger partial charge in [0.2, 0.25) is 5.91 Å². The van der Waals surface area contributed by atoms with E-state index in [1.807, 2.05) is 11.0 Å². The zero-order valence-electron chi connectivity index (χ0n) is 11.4. The average Bonchev–Trinajstić information content (AvgIpc) is 2.64. The first kappa shape index (κ1) is 14.5. The fourth-order valence-corrected chi connectivity index (χ4v) is 2.69. The van der Waals surface area contributed by atoms with Crippen LogP contribution in [0, 0.1) is 0 Å². The molecule has 2 rings (SSSR count). The smallest absolute Gasteiger partial charge is 0.320 e. The standard InChI is InChI=1S/C15H20N2O3/c16-14(18)12-6-4-5-11(9-12)10-17-8-3-1-2-7-13(17)15(19)20/h4-6,9,13H,1-3,7-8,10H2,(H2,16,18)(H,19,20). The first-order valence-electron chi connectivity index (χ1n) is 6.93. The molecule has 0 spiro atoms. The van der Waals surface area contributed by atoms with Gasteiger partial charge in [-0.2, -0.15) is 0 Å². The Balaban J connectivity index is 2.15. The molecule has 20 heavy (non-hydrogen) atoms. The maximum atomic E-state index is 11.4. The number of nitrogens with two attached hydrogens (primary N) is 1. The number of carbonyl (C=O) groups excluding carboxylic acids is 1. The van der Waals surface area contributed by atoms with Crippen LogP contribution in [0.4, 0.5) is 0 Å². The lowest BCUT2D eigenvalue weighted by molar-refractivity contribution is -0.143. The van der Waals surface area contributed by atoms with E-state index in [0.717, 1.165) is 31.4 Å². The van der Waals surface area contributed by atoms with E-state index in [1.54, 1.807) is 18.2 Å². The van der Waals surface area contributed by atoms with Crippen LogP contribution in [-0.2, 0) is 11.3 Å². The highest BCUT2D eigenvalue weighted by Gasteiger charge is 2.26. The third kappa shape index (κ3) is 3.57. The topological polar surface area (TPSA) is 83.6 Å². The summed E-state index contributed by atoms with van der Waals surface area (Å²) < 4.78 is 0. The van der Waals surface area contributed by atoms with E-state index in [2.05, 4.69) is 0 Å². The molecule has 1 aromatic carbocycles. The number of carbonyl (C=O) groups is 2. The van der Waals surface area contributed by atoms with E-state index >= 15 is 0 Å². The van der Waals surface area contributed by atoms with Gasteiger partial charge in [-0.05, 0) is 37.1 Å². The molecule has 1 heterocycles. The Morgan fingerprint density at radius 2 is 2.10 bits per heavy atom. The van der Waals surface area contributed by atoms with Crippen LogP contribution in [0.5, 0.6) is 0 Å². The SMILES string of the molecule is NC(=O)c1cccc(CN2CCCCCC2C(=O)O)c1. The molecule has 1 amide bonds. The second-order valence-corrected chi connectivity index (χ2v) is 5.24. The minimum Gasteiger partial charge on any atom is -0.480 e. The molecule has 1 aromatic rings. The van der Waals surface area contributed by atoms with Gasteiger partial charge in [0.25, 0.3) is 0 Å². The fourth-order valence-electron chi connectivity index (χ4n) is 2.69. The number of rotatable bonds is 4. The lowest BCUT2D eigenvalue weighted by Crippen LogP contribution is -2.40. The summed E-state index contributed by atoms with van der Waals surface area (Å²) in [7, 11) is 0. The molecule has 0 saturated carbocycles. The highest BCUT2D eigenvalue weighted by molar-refractivity contribution is 5.92. The molecule has 1 aliphatic heterocycles.